The van der Waals surface area contributed by atoms with Gasteiger partial charge in [-0.15, -0.1) is 0 Å². The summed E-state index contributed by atoms with van der Waals surface area (Å²) in [4.78, 5) is 12.7. The molecule has 0 aliphatic carbocycles. The molecule has 0 aliphatic heterocycles. The molecule has 0 atom stereocenters. The van der Waals surface area contributed by atoms with Gasteiger partial charge in [-0.05, 0) is 58.4 Å². The Morgan fingerprint density at radius 3 is 2.69 bits per heavy atom. The van der Waals surface area contributed by atoms with Crippen LogP contribution in [0.3, 0.4) is 0 Å². The normalized spacial score (nSPS) is 11.1. The lowest BCUT2D eigenvalue weighted by atomic mass is 10.1. The van der Waals surface area contributed by atoms with E-state index in [1.54, 1.807) is 6.92 Å². The van der Waals surface area contributed by atoms with Crippen LogP contribution in [0.2, 0.25) is 0 Å². The van der Waals surface area contributed by atoms with Crippen molar-refractivity contribution in [1.82, 2.24) is 15.1 Å². The van der Waals surface area contributed by atoms with Crippen molar-refractivity contribution in [3.63, 3.8) is 0 Å². The number of benzene rings is 1. The molecule has 1 amide bonds. The van der Waals surface area contributed by atoms with Crippen molar-refractivity contribution >= 4 is 16.9 Å². The Bertz CT molecular complexity index is 953. The number of nitrogens with zero attached hydrogens (tertiary/aromatic N) is 2. The molecule has 3 aromatic rings. The van der Waals surface area contributed by atoms with Crippen molar-refractivity contribution in [3.05, 3.63) is 46.5 Å². The number of ether oxygens (including phenoxy) is 1. The van der Waals surface area contributed by atoms with Crippen LogP contribution in [0, 0.1) is 27.7 Å². The quantitative estimate of drug-likeness (QED) is 0.732. The topological polar surface area (TPSA) is 69.3 Å². The number of carbonyl (C=O) groups is 1. The number of aryl methyl sites for hydroxylation is 2. The second kappa shape index (κ2) is 7.23. The zero-order chi connectivity index (χ0) is 18.8. The maximum atomic E-state index is 12.7. The first kappa shape index (κ1) is 18.0. The second-order valence-electron chi connectivity index (χ2n) is 6.40. The van der Waals surface area contributed by atoms with Crippen LogP contribution in [0.25, 0.3) is 11.0 Å². The number of amides is 1. The van der Waals surface area contributed by atoms with Gasteiger partial charge in [0.1, 0.15) is 17.1 Å². The molecule has 0 unspecified atom stereocenters. The highest BCUT2D eigenvalue weighted by Gasteiger charge is 2.18. The Labute approximate surface area is 153 Å². The zero-order valence-electron chi connectivity index (χ0n) is 16.0. The number of hydrogen-bond donors (Lipinski definition) is 1. The number of carbonyl (C=O) groups excluding carboxylic acids is 1. The molecule has 0 spiro atoms. The van der Waals surface area contributed by atoms with E-state index in [1.165, 1.54) is 5.56 Å². The molecule has 2 heterocycles. The van der Waals surface area contributed by atoms with Gasteiger partial charge in [0, 0.05) is 17.6 Å². The van der Waals surface area contributed by atoms with Gasteiger partial charge in [-0.2, -0.15) is 5.10 Å². The SMILES string of the molecule is CCOc1ccc2oc(C)c(C(=O)NCCn3nc(C)c(C)c3C)c2c1. The molecule has 0 radical (unpaired) electrons. The van der Waals surface area contributed by atoms with Gasteiger partial charge in [0.25, 0.3) is 5.91 Å². The van der Waals surface area contributed by atoms with Crippen LogP contribution in [0.5, 0.6) is 5.75 Å². The minimum Gasteiger partial charge on any atom is -0.494 e. The van der Waals surface area contributed by atoms with Crippen molar-refractivity contribution in [2.45, 2.75) is 41.2 Å². The molecular formula is C20H25N3O3. The first-order valence-electron chi connectivity index (χ1n) is 8.87. The monoisotopic (exact) mass is 355 g/mol. The number of hydrogen-bond acceptors (Lipinski definition) is 4. The average Bonchev–Trinajstić information content (AvgIpc) is 3.06. The first-order chi connectivity index (χ1) is 12.4. The van der Waals surface area contributed by atoms with E-state index < -0.39 is 0 Å². The highest BCUT2D eigenvalue weighted by atomic mass is 16.5. The summed E-state index contributed by atoms with van der Waals surface area (Å²) in [5.74, 6) is 1.19. The molecular weight excluding hydrogens is 330 g/mol. The number of aromatic nitrogens is 2. The van der Waals surface area contributed by atoms with Gasteiger partial charge in [0.15, 0.2) is 0 Å². The molecule has 0 bridgehead atoms. The van der Waals surface area contributed by atoms with E-state index in [0.29, 0.717) is 36.6 Å². The zero-order valence-corrected chi connectivity index (χ0v) is 16.0. The number of rotatable bonds is 6. The van der Waals surface area contributed by atoms with Crippen molar-refractivity contribution in [2.24, 2.45) is 0 Å². The molecule has 2 aromatic heterocycles. The van der Waals surface area contributed by atoms with E-state index in [-0.39, 0.29) is 5.91 Å². The maximum Gasteiger partial charge on any atom is 0.255 e. The largest absolute Gasteiger partial charge is 0.494 e. The minimum absolute atomic E-state index is 0.145. The summed E-state index contributed by atoms with van der Waals surface area (Å²) in [7, 11) is 0. The van der Waals surface area contributed by atoms with Crippen LogP contribution < -0.4 is 10.1 Å². The third kappa shape index (κ3) is 3.31. The van der Waals surface area contributed by atoms with Crippen molar-refractivity contribution in [3.8, 4) is 5.75 Å². The van der Waals surface area contributed by atoms with Crippen LogP contribution in [-0.4, -0.2) is 28.8 Å². The fourth-order valence-corrected chi connectivity index (χ4v) is 3.11. The summed E-state index contributed by atoms with van der Waals surface area (Å²) in [6.07, 6.45) is 0. The lowest BCUT2D eigenvalue weighted by molar-refractivity contribution is 0.0951. The van der Waals surface area contributed by atoms with E-state index in [1.807, 2.05) is 43.7 Å². The fraction of sp³-hybridized carbons (Fsp3) is 0.400. The summed E-state index contributed by atoms with van der Waals surface area (Å²) in [6, 6.07) is 5.54. The van der Waals surface area contributed by atoms with Gasteiger partial charge < -0.3 is 14.5 Å². The average molecular weight is 355 g/mol. The molecule has 6 heteroatoms. The van der Waals surface area contributed by atoms with Crippen LogP contribution in [0.15, 0.2) is 22.6 Å². The first-order valence-corrected chi connectivity index (χ1v) is 8.87. The third-order valence-corrected chi connectivity index (χ3v) is 4.73. The standard InChI is InChI=1S/C20H25N3O3/c1-6-25-16-7-8-18-17(11-16)19(15(5)26-18)20(24)21-9-10-23-14(4)12(2)13(3)22-23/h7-8,11H,6,9-10H2,1-5H3,(H,21,24). The van der Waals surface area contributed by atoms with Gasteiger partial charge in [-0.3, -0.25) is 9.48 Å². The molecule has 0 saturated carbocycles. The molecule has 0 aliphatic rings. The lowest BCUT2D eigenvalue weighted by Crippen LogP contribution is -2.28. The summed E-state index contributed by atoms with van der Waals surface area (Å²) in [6.45, 7) is 11.5. The minimum atomic E-state index is -0.145. The summed E-state index contributed by atoms with van der Waals surface area (Å²) in [5, 5.41) is 8.24. The Kier molecular flexibility index (Phi) is 5.02. The van der Waals surface area contributed by atoms with E-state index >= 15 is 0 Å². The predicted molar refractivity (Wildman–Crippen MR) is 101 cm³/mol. The molecule has 1 N–H and O–H groups in total. The van der Waals surface area contributed by atoms with Crippen molar-refractivity contribution < 1.29 is 13.9 Å². The summed E-state index contributed by atoms with van der Waals surface area (Å²) < 4.78 is 13.2. The third-order valence-electron chi connectivity index (χ3n) is 4.73. The molecule has 3 rings (SSSR count). The van der Waals surface area contributed by atoms with Crippen LogP contribution >= 0.6 is 0 Å². The smallest absolute Gasteiger partial charge is 0.255 e. The van der Waals surface area contributed by atoms with Gasteiger partial charge >= 0.3 is 0 Å². The fourth-order valence-electron chi connectivity index (χ4n) is 3.11. The summed E-state index contributed by atoms with van der Waals surface area (Å²) >= 11 is 0. The Hall–Kier alpha value is -2.76. The maximum absolute atomic E-state index is 12.7. The highest BCUT2D eigenvalue weighted by molar-refractivity contribution is 6.07. The Morgan fingerprint density at radius 1 is 1.27 bits per heavy atom. The molecule has 26 heavy (non-hydrogen) atoms. The lowest BCUT2D eigenvalue weighted by Gasteiger charge is -2.07. The van der Waals surface area contributed by atoms with Crippen molar-refractivity contribution in [2.75, 3.05) is 13.2 Å². The number of fused-ring (bicyclic) bond motifs is 1. The second-order valence-corrected chi connectivity index (χ2v) is 6.40. The molecule has 0 saturated heterocycles. The predicted octanol–water partition coefficient (Wildman–Crippen LogP) is 3.69. The number of furan rings is 1. The van der Waals surface area contributed by atoms with E-state index in [4.69, 9.17) is 9.15 Å². The molecule has 138 valence electrons. The van der Waals surface area contributed by atoms with E-state index in [2.05, 4.69) is 17.3 Å². The van der Waals surface area contributed by atoms with Gasteiger partial charge in [-0.25, -0.2) is 0 Å². The van der Waals surface area contributed by atoms with Gasteiger partial charge in [0.05, 0.1) is 24.4 Å². The molecule has 6 nitrogen and oxygen atoms in total. The van der Waals surface area contributed by atoms with E-state index in [0.717, 1.165) is 22.5 Å². The molecule has 1 aromatic carbocycles. The number of nitrogens with one attached hydrogen (secondary N) is 1. The van der Waals surface area contributed by atoms with Crippen LogP contribution in [0.1, 0.15) is 40.0 Å². The Balaban J connectivity index is 1.75. The summed E-state index contributed by atoms with van der Waals surface area (Å²) in [5.41, 5.74) is 4.59. The van der Waals surface area contributed by atoms with Crippen LogP contribution in [-0.2, 0) is 6.54 Å². The Morgan fingerprint density at radius 2 is 2.04 bits per heavy atom. The molecule has 0 fully saturated rings. The highest BCUT2D eigenvalue weighted by Crippen LogP contribution is 2.29. The van der Waals surface area contributed by atoms with E-state index in [9.17, 15) is 4.79 Å². The van der Waals surface area contributed by atoms with Gasteiger partial charge in [-0.1, -0.05) is 0 Å². The van der Waals surface area contributed by atoms with Crippen LogP contribution in [0.4, 0.5) is 0 Å². The van der Waals surface area contributed by atoms with Gasteiger partial charge in [0.2, 0.25) is 0 Å². The van der Waals surface area contributed by atoms with Crippen molar-refractivity contribution in [1.29, 1.82) is 0 Å².